The van der Waals surface area contributed by atoms with Crippen molar-refractivity contribution in [2.24, 2.45) is 0 Å². The highest BCUT2D eigenvalue weighted by molar-refractivity contribution is 5.79. The summed E-state index contributed by atoms with van der Waals surface area (Å²) in [5.74, 6) is 0.146. The maximum atomic E-state index is 12.4. The van der Waals surface area contributed by atoms with Gasteiger partial charge in [-0.15, -0.1) is 0 Å². The van der Waals surface area contributed by atoms with Crippen molar-refractivity contribution in [1.29, 1.82) is 0 Å². The van der Waals surface area contributed by atoms with Crippen LogP contribution >= 0.6 is 0 Å². The minimum absolute atomic E-state index is 0.0526. The fourth-order valence-corrected chi connectivity index (χ4v) is 2.88. The van der Waals surface area contributed by atoms with Gasteiger partial charge in [0.2, 0.25) is 5.91 Å². The van der Waals surface area contributed by atoms with Crippen molar-refractivity contribution in [2.45, 2.75) is 44.6 Å². The van der Waals surface area contributed by atoms with Gasteiger partial charge >= 0.3 is 0 Å². The van der Waals surface area contributed by atoms with E-state index >= 15 is 0 Å². The number of nitrogens with zero attached hydrogens (tertiary/aromatic N) is 1. The summed E-state index contributed by atoms with van der Waals surface area (Å²) in [4.78, 5) is 14.3. The monoisotopic (exact) mass is 261 g/mol. The molecule has 0 aliphatic heterocycles. The van der Waals surface area contributed by atoms with Gasteiger partial charge in [-0.05, 0) is 18.4 Å². The molecule has 0 aromatic heterocycles. The average Bonchev–Trinajstić information content (AvgIpc) is 2.46. The van der Waals surface area contributed by atoms with Crippen molar-refractivity contribution in [3.63, 3.8) is 0 Å². The zero-order valence-electron chi connectivity index (χ0n) is 11.4. The Kier molecular flexibility index (Phi) is 5.40. The first-order valence-electron chi connectivity index (χ1n) is 7.25. The van der Waals surface area contributed by atoms with Crippen molar-refractivity contribution in [3.05, 3.63) is 35.9 Å². The molecule has 0 spiro atoms. The van der Waals surface area contributed by atoms with Gasteiger partial charge in [0.25, 0.3) is 0 Å². The molecular weight excluding hydrogens is 238 g/mol. The van der Waals surface area contributed by atoms with Crippen molar-refractivity contribution >= 4 is 5.91 Å². The Bertz CT molecular complexity index is 385. The molecule has 104 valence electrons. The van der Waals surface area contributed by atoms with Gasteiger partial charge < -0.3 is 10.0 Å². The quantitative estimate of drug-likeness (QED) is 0.884. The molecule has 0 atom stereocenters. The molecule has 1 aliphatic carbocycles. The molecule has 19 heavy (non-hydrogen) atoms. The fraction of sp³-hybridized carbons (Fsp3) is 0.562. The highest BCUT2D eigenvalue weighted by atomic mass is 16.3. The molecule has 1 saturated carbocycles. The highest BCUT2D eigenvalue weighted by Gasteiger charge is 2.24. The van der Waals surface area contributed by atoms with Crippen LogP contribution in [0.5, 0.6) is 0 Å². The van der Waals surface area contributed by atoms with E-state index in [1.165, 1.54) is 19.3 Å². The maximum Gasteiger partial charge on any atom is 0.227 e. The molecule has 0 heterocycles. The Morgan fingerprint density at radius 2 is 1.84 bits per heavy atom. The lowest BCUT2D eigenvalue weighted by atomic mass is 9.93. The second kappa shape index (κ2) is 7.29. The minimum Gasteiger partial charge on any atom is -0.395 e. The number of aliphatic hydroxyl groups is 1. The van der Waals surface area contributed by atoms with E-state index in [1.54, 1.807) is 0 Å². The molecule has 1 N–H and O–H groups in total. The Labute approximate surface area is 115 Å². The number of carbonyl (C=O) groups excluding carboxylic acids is 1. The van der Waals surface area contributed by atoms with Crippen molar-refractivity contribution in [2.75, 3.05) is 13.2 Å². The zero-order valence-corrected chi connectivity index (χ0v) is 11.4. The molecule has 1 amide bonds. The third-order valence-electron chi connectivity index (χ3n) is 3.87. The Morgan fingerprint density at radius 1 is 1.16 bits per heavy atom. The van der Waals surface area contributed by atoms with Gasteiger partial charge in [0.05, 0.1) is 13.0 Å². The van der Waals surface area contributed by atoms with Crippen LogP contribution in [0.15, 0.2) is 30.3 Å². The van der Waals surface area contributed by atoms with Crippen LogP contribution in [0.2, 0.25) is 0 Å². The fourth-order valence-electron chi connectivity index (χ4n) is 2.88. The van der Waals surface area contributed by atoms with E-state index in [9.17, 15) is 9.90 Å². The van der Waals surface area contributed by atoms with Crippen LogP contribution in [0.25, 0.3) is 0 Å². The standard InChI is InChI=1S/C16H23NO2/c18-12-11-17(15-9-5-2-6-10-15)16(19)13-14-7-3-1-4-8-14/h1,3-4,7-8,15,18H,2,5-6,9-13H2. The summed E-state index contributed by atoms with van der Waals surface area (Å²) in [6, 6.07) is 10.2. The van der Waals surface area contributed by atoms with Gasteiger partial charge in [0.15, 0.2) is 0 Å². The number of aliphatic hydroxyl groups excluding tert-OH is 1. The van der Waals surface area contributed by atoms with Crippen molar-refractivity contribution in [3.8, 4) is 0 Å². The molecule has 1 aromatic rings. The largest absolute Gasteiger partial charge is 0.395 e. The first-order chi connectivity index (χ1) is 9.31. The first kappa shape index (κ1) is 14.1. The second-order valence-electron chi connectivity index (χ2n) is 5.26. The van der Waals surface area contributed by atoms with E-state index in [0.717, 1.165) is 18.4 Å². The molecule has 0 radical (unpaired) electrons. The van der Waals surface area contributed by atoms with Crippen molar-refractivity contribution < 1.29 is 9.90 Å². The minimum atomic E-state index is 0.0526. The van der Waals surface area contributed by atoms with E-state index in [4.69, 9.17) is 0 Å². The molecular formula is C16H23NO2. The van der Waals surface area contributed by atoms with E-state index in [-0.39, 0.29) is 12.5 Å². The smallest absolute Gasteiger partial charge is 0.227 e. The number of hydrogen-bond donors (Lipinski definition) is 1. The summed E-state index contributed by atoms with van der Waals surface area (Å²) < 4.78 is 0. The lowest BCUT2D eigenvalue weighted by Gasteiger charge is -2.34. The van der Waals surface area contributed by atoms with Crippen LogP contribution in [0.1, 0.15) is 37.7 Å². The molecule has 1 aliphatic rings. The number of amides is 1. The summed E-state index contributed by atoms with van der Waals surface area (Å²) in [6.07, 6.45) is 6.28. The molecule has 1 fully saturated rings. The Balaban J connectivity index is 1.99. The molecule has 0 unspecified atom stereocenters. The summed E-state index contributed by atoms with van der Waals surface area (Å²) in [7, 11) is 0. The van der Waals surface area contributed by atoms with Gasteiger partial charge in [-0.1, -0.05) is 49.6 Å². The number of benzene rings is 1. The van der Waals surface area contributed by atoms with Gasteiger partial charge in [-0.2, -0.15) is 0 Å². The van der Waals surface area contributed by atoms with Crippen LogP contribution in [-0.2, 0) is 11.2 Å². The van der Waals surface area contributed by atoms with E-state index in [1.807, 2.05) is 35.2 Å². The SMILES string of the molecule is O=C(Cc1ccccc1)N(CCO)C1CCCCC1. The predicted molar refractivity (Wildman–Crippen MR) is 75.8 cm³/mol. The third kappa shape index (κ3) is 4.06. The van der Waals surface area contributed by atoms with Gasteiger partial charge in [0.1, 0.15) is 0 Å². The molecule has 0 saturated heterocycles. The first-order valence-corrected chi connectivity index (χ1v) is 7.25. The van der Waals surface area contributed by atoms with Crippen molar-refractivity contribution in [1.82, 2.24) is 4.90 Å². The Hall–Kier alpha value is -1.35. The lowest BCUT2D eigenvalue weighted by molar-refractivity contribution is -0.134. The summed E-state index contributed by atoms with van der Waals surface area (Å²) >= 11 is 0. The van der Waals surface area contributed by atoms with Crippen LogP contribution in [-0.4, -0.2) is 35.1 Å². The normalized spacial score (nSPS) is 16.3. The zero-order chi connectivity index (χ0) is 13.5. The third-order valence-corrected chi connectivity index (χ3v) is 3.87. The van der Waals surface area contributed by atoms with E-state index in [0.29, 0.717) is 19.0 Å². The molecule has 1 aromatic carbocycles. The van der Waals surface area contributed by atoms with Crippen LogP contribution in [0.3, 0.4) is 0 Å². The number of carbonyl (C=O) groups is 1. The second-order valence-corrected chi connectivity index (χ2v) is 5.26. The summed E-state index contributed by atoms with van der Waals surface area (Å²) in [5.41, 5.74) is 1.05. The number of rotatable bonds is 5. The molecule has 2 rings (SSSR count). The van der Waals surface area contributed by atoms with Crippen LogP contribution < -0.4 is 0 Å². The van der Waals surface area contributed by atoms with E-state index < -0.39 is 0 Å². The lowest BCUT2D eigenvalue weighted by Crippen LogP contribution is -2.43. The summed E-state index contributed by atoms with van der Waals surface area (Å²) in [5, 5.41) is 9.19. The predicted octanol–water partition coefficient (Wildman–Crippen LogP) is 2.38. The molecule has 3 heteroatoms. The Morgan fingerprint density at radius 3 is 2.47 bits per heavy atom. The number of hydrogen-bond acceptors (Lipinski definition) is 2. The summed E-state index contributed by atoms with van der Waals surface area (Å²) in [6.45, 7) is 0.521. The van der Waals surface area contributed by atoms with Gasteiger partial charge in [-0.25, -0.2) is 0 Å². The highest BCUT2D eigenvalue weighted by Crippen LogP contribution is 2.23. The van der Waals surface area contributed by atoms with Crippen LogP contribution in [0, 0.1) is 0 Å². The maximum absolute atomic E-state index is 12.4. The van der Waals surface area contributed by atoms with Crippen LogP contribution in [0.4, 0.5) is 0 Å². The van der Waals surface area contributed by atoms with Gasteiger partial charge in [0, 0.05) is 12.6 Å². The van der Waals surface area contributed by atoms with Gasteiger partial charge in [-0.3, -0.25) is 4.79 Å². The molecule has 0 bridgehead atoms. The van der Waals surface area contributed by atoms with E-state index in [2.05, 4.69) is 0 Å². The average molecular weight is 261 g/mol. The molecule has 3 nitrogen and oxygen atoms in total. The topological polar surface area (TPSA) is 40.5 Å².